The molecule has 0 atom stereocenters. The SMILES string of the molecule is CC(C)(C)C1CCC(=NNc2cccc(C(=O)O)c2)CC1. The van der Waals surface area contributed by atoms with Gasteiger partial charge in [0.1, 0.15) is 0 Å². The number of anilines is 1. The van der Waals surface area contributed by atoms with Gasteiger partial charge in [-0.3, -0.25) is 5.43 Å². The van der Waals surface area contributed by atoms with Crippen molar-refractivity contribution < 1.29 is 9.90 Å². The minimum Gasteiger partial charge on any atom is -0.478 e. The van der Waals surface area contributed by atoms with Gasteiger partial charge < -0.3 is 5.11 Å². The molecule has 114 valence electrons. The van der Waals surface area contributed by atoms with E-state index < -0.39 is 5.97 Å². The summed E-state index contributed by atoms with van der Waals surface area (Å²) in [5, 5.41) is 13.4. The highest BCUT2D eigenvalue weighted by Crippen LogP contribution is 2.36. The van der Waals surface area contributed by atoms with E-state index in [9.17, 15) is 4.79 Å². The molecule has 0 amide bonds. The van der Waals surface area contributed by atoms with Gasteiger partial charge in [-0.05, 0) is 55.2 Å². The predicted octanol–water partition coefficient (Wildman–Crippen LogP) is 4.39. The first-order chi connectivity index (χ1) is 9.86. The fourth-order valence-corrected chi connectivity index (χ4v) is 2.79. The van der Waals surface area contributed by atoms with Gasteiger partial charge in [0.25, 0.3) is 0 Å². The van der Waals surface area contributed by atoms with Crippen LogP contribution in [0.25, 0.3) is 0 Å². The van der Waals surface area contributed by atoms with Crippen LogP contribution in [0, 0.1) is 11.3 Å². The molecule has 2 rings (SSSR count). The Labute approximate surface area is 126 Å². The Hall–Kier alpha value is -1.84. The van der Waals surface area contributed by atoms with E-state index in [1.165, 1.54) is 18.6 Å². The molecule has 1 fully saturated rings. The summed E-state index contributed by atoms with van der Waals surface area (Å²) < 4.78 is 0. The van der Waals surface area contributed by atoms with E-state index in [0.717, 1.165) is 24.4 Å². The highest BCUT2D eigenvalue weighted by atomic mass is 16.4. The molecular weight excluding hydrogens is 264 g/mol. The number of carboxylic acids is 1. The first kappa shape index (κ1) is 15.5. The van der Waals surface area contributed by atoms with Crippen molar-refractivity contribution in [2.24, 2.45) is 16.4 Å². The van der Waals surface area contributed by atoms with Crippen LogP contribution in [0.15, 0.2) is 29.4 Å². The van der Waals surface area contributed by atoms with Crippen LogP contribution in [0.2, 0.25) is 0 Å². The van der Waals surface area contributed by atoms with Gasteiger partial charge in [-0.1, -0.05) is 26.8 Å². The molecule has 21 heavy (non-hydrogen) atoms. The fourth-order valence-electron chi connectivity index (χ4n) is 2.79. The molecule has 4 heteroatoms. The molecule has 1 aromatic rings. The lowest BCUT2D eigenvalue weighted by Crippen LogP contribution is -2.26. The molecule has 0 aliphatic heterocycles. The van der Waals surface area contributed by atoms with Gasteiger partial charge in [0.2, 0.25) is 0 Å². The van der Waals surface area contributed by atoms with E-state index in [2.05, 4.69) is 31.3 Å². The number of rotatable bonds is 3. The summed E-state index contributed by atoms with van der Waals surface area (Å²) in [5.74, 6) is -0.163. The zero-order chi connectivity index (χ0) is 15.5. The maximum atomic E-state index is 10.9. The van der Waals surface area contributed by atoms with Crippen LogP contribution in [-0.4, -0.2) is 16.8 Å². The predicted molar refractivity (Wildman–Crippen MR) is 85.9 cm³/mol. The van der Waals surface area contributed by atoms with Crippen LogP contribution in [0.1, 0.15) is 56.8 Å². The van der Waals surface area contributed by atoms with Gasteiger partial charge in [-0.15, -0.1) is 0 Å². The third-order valence-corrected chi connectivity index (χ3v) is 4.24. The first-order valence-corrected chi connectivity index (χ1v) is 7.51. The van der Waals surface area contributed by atoms with Crippen LogP contribution >= 0.6 is 0 Å². The highest BCUT2D eigenvalue weighted by molar-refractivity contribution is 5.89. The second-order valence-corrected chi connectivity index (χ2v) is 6.82. The lowest BCUT2D eigenvalue weighted by Gasteiger charge is -2.34. The number of carbonyl (C=O) groups is 1. The Morgan fingerprint density at radius 1 is 1.29 bits per heavy atom. The normalized spacial score (nSPS) is 19.2. The number of aromatic carboxylic acids is 1. The van der Waals surface area contributed by atoms with Crippen LogP contribution in [0.5, 0.6) is 0 Å². The summed E-state index contributed by atoms with van der Waals surface area (Å²) in [4.78, 5) is 10.9. The van der Waals surface area contributed by atoms with Crippen molar-refractivity contribution in [3.63, 3.8) is 0 Å². The van der Waals surface area contributed by atoms with Crippen molar-refractivity contribution in [1.29, 1.82) is 0 Å². The molecule has 2 N–H and O–H groups in total. The summed E-state index contributed by atoms with van der Waals surface area (Å²) in [6.07, 6.45) is 4.40. The Morgan fingerprint density at radius 2 is 1.95 bits per heavy atom. The first-order valence-electron chi connectivity index (χ1n) is 7.51. The summed E-state index contributed by atoms with van der Waals surface area (Å²) in [5.41, 5.74) is 5.53. The van der Waals surface area contributed by atoms with E-state index in [1.807, 2.05) is 6.07 Å². The molecular formula is C17H24N2O2. The minimum absolute atomic E-state index is 0.275. The maximum absolute atomic E-state index is 10.9. The number of nitrogens with one attached hydrogen (secondary N) is 1. The lowest BCUT2D eigenvalue weighted by molar-refractivity contribution is 0.0697. The molecule has 0 radical (unpaired) electrons. The van der Waals surface area contributed by atoms with Gasteiger partial charge in [0.05, 0.1) is 11.3 Å². The zero-order valence-electron chi connectivity index (χ0n) is 13.0. The average Bonchev–Trinajstić information content (AvgIpc) is 2.45. The van der Waals surface area contributed by atoms with Gasteiger partial charge in [0.15, 0.2) is 0 Å². The highest BCUT2D eigenvalue weighted by Gasteiger charge is 2.27. The number of carboxylic acid groups (broad SMARTS) is 1. The molecule has 4 nitrogen and oxygen atoms in total. The number of hydrazone groups is 1. The van der Waals surface area contributed by atoms with Crippen LogP contribution in [-0.2, 0) is 0 Å². The van der Waals surface area contributed by atoms with Crippen molar-refractivity contribution in [3.05, 3.63) is 29.8 Å². The van der Waals surface area contributed by atoms with Crippen molar-refractivity contribution in [3.8, 4) is 0 Å². The van der Waals surface area contributed by atoms with Crippen molar-refractivity contribution in [1.82, 2.24) is 0 Å². The Balaban J connectivity index is 1.94. The largest absolute Gasteiger partial charge is 0.478 e. The third kappa shape index (κ3) is 4.31. The van der Waals surface area contributed by atoms with Crippen LogP contribution in [0.3, 0.4) is 0 Å². The van der Waals surface area contributed by atoms with Crippen LogP contribution in [0.4, 0.5) is 5.69 Å². The topological polar surface area (TPSA) is 61.7 Å². The van der Waals surface area contributed by atoms with E-state index in [0.29, 0.717) is 5.41 Å². The van der Waals surface area contributed by atoms with E-state index in [-0.39, 0.29) is 5.56 Å². The smallest absolute Gasteiger partial charge is 0.335 e. The van der Waals surface area contributed by atoms with Gasteiger partial charge >= 0.3 is 5.97 Å². The Kier molecular flexibility index (Phi) is 4.66. The fraction of sp³-hybridized carbons (Fsp3) is 0.529. The second kappa shape index (κ2) is 6.29. The Bertz CT molecular complexity index is 534. The summed E-state index contributed by atoms with van der Waals surface area (Å²) in [6, 6.07) is 6.74. The average molecular weight is 288 g/mol. The van der Waals surface area contributed by atoms with Crippen molar-refractivity contribution >= 4 is 17.4 Å². The third-order valence-electron chi connectivity index (χ3n) is 4.24. The monoisotopic (exact) mass is 288 g/mol. The molecule has 0 heterocycles. The standard InChI is InChI=1S/C17H24N2O2/c1-17(2,3)13-7-9-14(10-8-13)18-19-15-6-4-5-12(11-15)16(20)21/h4-6,11,13,19H,7-10H2,1-3H3,(H,20,21). The molecule has 1 aromatic carbocycles. The van der Waals surface area contributed by atoms with Crippen molar-refractivity contribution in [2.45, 2.75) is 46.5 Å². The molecule has 0 unspecified atom stereocenters. The molecule has 0 aromatic heterocycles. The second-order valence-electron chi connectivity index (χ2n) is 6.82. The van der Waals surface area contributed by atoms with Crippen molar-refractivity contribution in [2.75, 3.05) is 5.43 Å². The molecule has 0 bridgehead atoms. The summed E-state index contributed by atoms with van der Waals surface area (Å²) >= 11 is 0. The minimum atomic E-state index is -0.919. The number of benzene rings is 1. The van der Waals surface area contributed by atoms with E-state index >= 15 is 0 Å². The number of hydrogen-bond donors (Lipinski definition) is 2. The summed E-state index contributed by atoms with van der Waals surface area (Å²) in [6.45, 7) is 6.90. The van der Waals surface area contributed by atoms with Crippen LogP contribution < -0.4 is 5.43 Å². The maximum Gasteiger partial charge on any atom is 0.335 e. The van der Waals surface area contributed by atoms with Gasteiger partial charge in [-0.2, -0.15) is 5.10 Å². The Morgan fingerprint density at radius 3 is 2.52 bits per heavy atom. The molecule has 1 saturated carbocycles. The lowest BCUT2D eigenvalue weighted by atomic mass is 9.72. The molecule has 1 aliphatic carbocycles. The van der Waals surface area contributed by atoms with Gasteiger partial charge in [0, 0.05) is 5.71 Å². The number of nitrogens with zero attached hydrogens (tertiary/aromatic N) is 1. The quantitative estimate of drug-likeness (QED) is 0.811. The van der Waals surface area contributed by atoms with E-state index in [1.54, 1.807) is 18.2 Å². The summed E-state index contributed by atoms with van der Waals surface area (Å²) in [7, 11) is 0. The van der Waals surface area contributed by atoms with E-state index in [4.69, 9.17) is 5.11 Å². The van der Waals surface area contributed by atoms with Gasteiger partial charge in [-0.25, -0.2) is 4.79 Å². The number of hydrogen-bond acceptors (Lipinski definition) is 3. The molecule has 0 spiro atoms. The molecule has 0 saturated heterocycles. The zero-order valence-corrected chi connectivity index (χ0v) is 13.0. The molecule has 1 aliphatic rings.